The molecule has 0 saturated heterocycles. The maximum Gasteiger partial charge on any atom is 0.424 e. The summed E-state index contributed by atoms with van der Waals surface area (Å²) in [6, 6.07) is 12.9. The molecule has 0 aliphatic carbocycles. The molecule has 0 atom stereocenters. The van der Waals surface area contributed by atoms with E-state index in [9.17, 15) is 18.0 Å². The van der Waals surface area contributed by atoms with Gasteiger partial charge >= 0.3 is 5.76 Å². The summed E-state index contributed by atoms with van der Waals surface area (Å²) in [5.74, 6) is -0.760. The van der Waals surface area contributed by atoms with Crippen molar-refractivity contribution in [3.8, 4) is 16.9 Å². The minimum atomic E-state index is -3.30. The summed E-state index contributed by atoms with van der Waals surface area (Å²) in [4.78, 5) is 23.4. The second-order valence-corrected chi connectivity index (χ2v) is 7.76. The first-order valence-electron chi connectivity index (χ1n) is 7.65. The van der Waals surface area contributed by atoms with Crippen molar-refractivity contribution < 1.29 is 17.6 Å². The highest BCUT2D eigenvalue weighted by Gasteiger charge is 2.14. The Bertz CT molecular complexity index is 1110. The van der Waals surface area contributed by atoms with Crippen LogP contribution in [0.1, 0.15) is 6.92 Å². The van der Waals surface area contributed by atoms with Gasteiger partial charge in [-0.2, -0.15) is 0 Å². The number of carbonyl (C=O) groups excluding carboxylic acids is 1. The molecule has 8 heteroatoms. The molecule has 0 radical (unpaired) electrons. The molecule has 1 N–H and O–H groups in total. The Morgan fingerprint density at radius 2 is 1.65 bits per heavy atom. The number of rotatable bonds is 4. The summed E-state index contributed by atoms with van der Waals surface area (Å²) in [5.41, 5.74) is 2.29. The van der Waals surface area contributed by atoms with Crippen molar-refractivity contribution in [2.75, 3.05) is 11.6 Å². The zero-order valence-corrected chi connectivity index (χ0v) is 14.9. The summed E-state index contributed by atoms with van der Waals surface area (Å²) >= 11 is 0. The highest BCUT2D eigenvalue weighted by atomic mass is 32.2. The monoisotopic (exact) mass is 372 g/mol. The number of oxazole rings is 1. The van der Waals surface area contributed by atoms with Crippen molar-refractivity contribution in [2.45, 2.75) is 11.8 Å². The largest absolute Gasteiger partial charge is 0.424 e. The maximum atomic E-state index is 12.1. The molecular weight excluding hydrogens is 356 g/mol. The molecule has 2 aromatic carbocycles. The number of amides is 1. The quantitative estimate of drug-likeness (QED) is 0.758. The van der Waals surface area contributed by atoms with Crippen molar-refractivity contribution in [3.63, 3.8) is 0 Å². The molecule has 0 aliphatic heterocycles. The topological polar surface area (TPSA) is 98.4 Å². The SMILES string of the molecule is CC(=O)Nc1ccc(-n2c(-c3ccc(S(C)(=O)=O)cc3)coc2=O)cc1. The second-order valence-electron chi connectivity index (χ2n) is 5.75. The fourth-order valence-electron chi connectivity index (χ4n) is 2.52. The van der Waals surface area contributed by atoms with Gasteiger partial charge in [0.2, 0.25) is 5.91 Å². The molecule has 134 valence electrons. The van der Waals surface area contributed by atoms with Gasteiger partial charge in [-0.25, -0.2) is 17.8 Å². The number of nitrogens with zero attached hydrogens (tertiary/aromatic N) is 1. The molecule has 0 spiro atoms. The fourth-order valence-corrected chi connectivity index (χ4v) is 3.15. The van der Waals surface area contributed by atoms with E-state index in [0.717, 1.165) is 6.26 Å². The van der Waals surface area contributed by atoms with E-state index in [4.69, 9.17) is 4.42 Å². The molecule has 26 heavy (non-hydrogen) atoms. The summed E-state index contributed by atoms with van der Waals surface area (Å²) in [6.45, 7) is 1.41. The van der Waals surface area contributed by atoms with Gasteiger partial charge in [0.1, 0.15) is 6.26 Å². The molecule has 1 aromatic heterocycles. The van der Waals surface area contributed by atoms with Gasteiger partial charge < -0.3 is 9.73 Å². The number of carbonyl (C=O) groups is 1. The van der Waals surface area contributed by atoms with Gasteiger partial charge in [-0.3, -0.25) is 4.79 Å². The van der Waals surface area contributed by atoms with E-state index in [1.807, 2.05) is 0 Å². The smallest absolute Gasteiger partial charge is 0.415 e. The zero-order chi connectivity index (χ0) is 18.9. The molecule has 3 rings (SSSR count). The standard InChI is InChI=1S/C18H16N2O5S/c1-12(21)19-14-5-7-15(8-6-14)20-17(11-25-18(20)22)13-3-9-16(10-4-13)26(2,23)24/h3-11H,1-2H3,(H,19,21). The van der Waals surface area contributed by atoms with Crippen LogP contribution in [-0.2, 0) is 14.6 Å². The third-order valence-corrected chi connectivity index (χ3v) is 4.85. The number of hydrogen-bond donors (Lipinski definition) is 1. The Morgan fingerprint density at radius 3 is 2.19 bits per heavy atom. The zero-order valence-electron chi connectivity index (χ0n) is 14.1. The van der Waals surface area contributed by atoms with E-state index in [0.29, 0.717) is 22.6 Å². The molecule has 1 amide bonds. The predicted octanol–water partition coefficient (Wildman–Crippen LogP) is 2.46. The first-order chi connectivity index (χ1) is 12.3. The lowest BCUT2D eigenvalue weighted by Crippen LogP contribution is -2.13. The number of benzene rings is 2. The normalized spacial score (nSPS) is 11.3. The highest BCUT2D eigenvalue weighted by Crippen LogP contribution is 2.24. The minimum absolute atomic E-state index is 0.190. The molecule has 0 aliphatic rings. The van der Waals surface area contributed by atoms with E-state index in [1.165, 1.54) is 29.9 Å². The maximum absolute atomic E-state index is 12.1. The van der Waals surface area contributed by atoms with Gasteiger partial charge in [0, 0.05) is 24.4 Å². The van der Waals surface area contributed by atoms with E-state index in [-0.39, 0.29) is 10.8 Å². The van der Waals surface area contributed by atoms with E-state index in [2.05, 4.69) is 5.32 Å². The highest BCUT2D eigenvalue weighted by molar-refractivity contribution is 7.90. The third-order valence-electron chi connectivity index (χ3n) is 3.72. The van der Waals surface area contributed by atoms with Crippen LogP contribution >= 0.6 is 0 Å². The molecule has 0 saturated carbocycles. The Morgan fingerprint density at radius 1 is 1.04 bits per heavy atom. The summed E-state index contributed by atoms with van der Waals surface area (Å²) < 4.78 is 29.5. The van der Waals surface area contributed by atoms with Gasteiger partial charge in [-0.05, 0) is 36.4 Å². The Balaban J connectivity index is 2.02. The first kappa shape index (κ1) is 17.7. The van der Waals surface area contributed by atoms with Gasteiger partial charge in [-0.15, -0.1) is 0 Å². The molecule has 3 aromatic rings. The van der Waals surface area contributed by atoms with Crippen molar-refractivity contribution in [1.29, 1.82) is 0 Å². The van der Waals surface area contributed by atoms with Crippen molar-refractivity contribution >= 4 is 21.4 Å². The average molecular weight is 372 g/mol. The van der Waals surface area contributed by atoms with E-state index >= 15 is 0 Å². The van der Waals surface area contributed by atoms with Gasteiger partial charge in [0.05, 0.1) is 16.3 Å². The van der Waals surface area contributed by atoms with Crippen molar-refractivity contribution in [2.24, 2.45) is 0 Å². The van der Waals surface area contributed by atoms with Crippen molar-refractivity contribution in [3.05, 3.63) is 65.3 Å². The lowest BCUT2D eigenvalue weighted by atomic mass is 10.1. The Kier molecular flexibility index (Phi) is 4.52. The number of nitrogens with one attached hydrogen (secondary N) is 1. The third kappa shape index (κ3) is 3.60. The van der Waals surface area contributed by atoms with Crippen LogP contribution in [0.15, 0.2) is 68.9 Å². The molecule has 0 unspecified atom stereocenters. The molecule has 0 bridgehead atoms. The van der Waals surface area contributed by atoms with E-state index in [1.54, 1.807) is 36.4 Å². The van der Waals surface area contributed by atoms with Crippen LogP contribution in [-0.4, -0.2) is 25.1 Å². The minimum Gasteiger partial charge on any atom is -0.415 e. The van der Waals surface area contributed by atoms with Crippen LogP contribution in [0, 0.1) is 0 Å². The molecule has 7 nitrogen and oxygen atoms in total. The van der Waals surface area contributed by atoms with Gasteiger partial charge in [0.15, 0.2) is 9.84 Å². The van der Waals surface area contributed by atoms with Crippen LogP contribution in [0.4, 0.5) is 5.69 Å². The van der Waals surface area contributed by atoms with E-state index < -0.39 is 15.6 Å². The predicted molar refractivity (Wildman–Crippen MR) is 97.2 cm³/mol. The van der Waals surface area contributed by atoms with Crippen LogP contribution in [0.5, 0.6) is 0 Å². The Labute approximate surface area is 149 Å². The molecule has 1 heterocycles. The van der Waals surface area contributed by atoms with Crippen LogP contribution in [0.25, 0.3) is 16.9 Å². The van der Waals surface area contributed by atoms with Crippen LogP contribution < -0.4 is 11.1 Å². The number of hydrogen-bond acceptors (Lipinski definition) is 5. The fraction of sp³-hybridized carbons (Fsp3) is 0.111. The molecular formula is C18H16N2O5S. The number of aromatic nitrogens is 1. The van der Waals surface area contributed by atoms with Gasteiger partial charge in [-0.1, -0.05) is 12.1 Å². The number of anilines is 1. The summed E-state index contributed by atoms with van der Waals surface area (Å²) in [6.07, 6.45) is 2.45. The Hall–Kier alpha value is -3.13. The lowest BCUT2D eigenvalue weighted by molar-refractivity contribution is -0.114. The van der Waals surface area contributed by atoms with Crippen LogP contribution in [0.2, 0.25) is 0 Å². The lowest BCUT2D eigenvalue weighted by Gasteiger charge is -2.08. The number of sulfone groups is 1. The van der Waals surface area contributed by atoms with Crippen LogP contribution in [0.3, 0.4) is 0 Å². The molecule has 0 fully saturated rings. The van der Waals surface area contributed by atoms with Gasteiger partial charge in [0.25, 0.3) is 0 Å². The second kappa shape index (κ2) is 6.64. The van der Waals surface area contributed by atoms with Crippen molar-refractivity contribution in [1.82, 2.24) is 4.57 Å². The average Bonchev–Trinajstić information content (AvgIpc) is 2.96. The summed E-state index contributed by atoms with van der Waals surface area (Å²) in [5, 5.41) is 2.65. The summed E-state index contributed by atoms with van der Waals surface area (Å²) in [7, 11) is -3.30. The first-order valence-corrected chi connectivity index (χ1v) is 9.54.